The van der Waals surface area contributed by atoms with Crippen molar-refractivity contribution in [2.45, 2.75) is 25.8 Å². The molecule has 90 valence electrons. The van der Waals surface area contributed by atoms with Crippen molar-refractivity contribution in [2.75, 3.05) is 39.4 Å². The highest BCUT2D eigenvalue weighted by Gasteiger charge is 2.50. The molecule has 0 aromatic rings. The Morgan fingerprint density at radius 3 is 2.69 bits per heavy atom. The van der Waals surface area contributed by atoms with Gasteiger partial charge in [-0.15, -0.1) is 0 Å². The molecule has 4 nitrogen and oxygen atoms in total. The Bertz CT molecular complexity index is 295. The Morgan fingerprint density at radius 2 is 2.12 bits per heavy atom. The van der Waals surface area contributed by atoms with Gasteiger partial charge in [-0.3, -0.25) is 9.69 Å². The van der Waals surface area contributed by atoms with Gasteiger partial charge in [0.2, 0.25) is 5.91 Å². The van der Waals surface area contributed by atoms with E-state index >= 15 is 0 Å². The fourth-order valence-electron chi connectivity index (χ4n) is 3.14. The molecule has 0 N–H and O–H groups in total. The average Bonchev–Trinajstić information content (AvgIpc) is 2.56. The summed E-state index contributed by atoms with van der Waals surface area (Å²) in [7, 11) is 0. The van der Waals surface area contributed by atoms with Crippen LogP contribution < -0.4 is 0 Å². The molecule has 0 atom stereocenters. The maximum Gasteiger partial charge on any atom is 0.222 e. The van der Waals surface area contributed by atoms with Gasteiger partial charge in [0.25, 0.3) is 0 Å². The summed E-state index contributed by atoms with van der Waals surface area (Å²) >= 11 is 0. The number of carbonyl (C=O) groups is 1. The highest BCUT2D eigenvalue weighted by Crippen LogP contribution is 2.40. The molecule has 1 amide bonds. The average molecular weight is 224 g/mol. The SMILES string of the molecule is CCC(=O)N1CC2(CCN(C3COC3)C2)C1. The molecule has 3 fully saturated rings. The maximum atomic E-state index is 11.5. The summed E-state index contributed by atoms with van der Waals surface area (Å²) in [5.41, 5.74) is 0.431. The number of hydrogen-bond donors (Lipinski definition) is 0. The number of likely N-dealkylation sites (tertiary alicyclic amines) is 2. The van der Waals surface area contributed by atoms with Gasteiger partial charge in [0.1, 0.15) is 0 Å². The molecule has 3 rings (SSSR count). The first-order valence-corrected chi connectivity index (χ1v) is 6.32. The minimum atomic E-state index is 0.316. The minimum Gasteiger partial charge on any atom is -0.378 e. The molecule has 4 heteroatoms. The van der Waals surface area contributed by atoms with E-state index in [1.165, 1.54) is 19.5 Å². The van der Waals surface area contributed by atoms with Crippen molar-refractivity contribution in [3.8, 4) is 0 Å². The van der Waals surface area contributed by atoms with E-state index in [-0.39, 0.29) is 0 Å². The largest absolute Gasteiger partial charge is 0.378 e. The summed E-state index contributed by atoms with van der Waals surface area (Å²) in [6.07, 6.45) is 1.91. The molecule has 0 aromatic carbocycles. The lowest BCUT2D eigenvalue weighted by molar-refractivity contribution is -0.143. The molecule has 0 saturated carbocycles. The van der Waals surface area contributed by atoms with E-state index < -0.39 is 0 Å². The van der Waals surface area contributed by atoms with Gasteiger partial charge in [0.15, 0.2) is 0 Å². The van der Waals surface area contributed by atoms with Crippen LogP contribution in [0.15, 0.2) is 0 Å². The summed E-state index contributed by atoms with van der Waals surface area (Å²) in [5, 5.41) is 0. The molecule has 1 spiro atoms. The zero-order valence-electron chi connectivity index (χ0n) is 9.95. The van der Waals surface area contributed by atoms with E-state index in [0.717, 1.165) is 26.3 Å². The maximum absolute atomic E-state index is 11.5. The van der Waals surface area contributed by atoms with Gasteiger partial charge in [0.05, 0.1) is 19.3 Å². The normalized spacial score (nSPS) is 29.2. The van der Waals surface area contributed by atoms with Crippen molar-refractivity contribution in [2.24, 2.45) is 5.41 Å². The van der Waals surface area contributed by atoms with Crippen LogP contribution in [0.3, 0.4) is 0 Å². The Hall–Kier alpha value is -0.610. The predicted molar refractivity (Wildman–Crippen MR) is 60.1 cm³/mol. The summed E-state index contributed by atoms with van der Waals surface area (Å²) in [4.78, 5) is 16.1. The summed E-state index contributed by atoms with van der Waals surface area (Å²) < 4.78 is 5.24. The molecular weight excluding hydrogens is 204 g/mol. The number of amides is 1. The topological polar surface area (TPSA) is 32.8 Å². The second-order valence-electron chi connectivity index (χ2n) is 5.52. The fourth-order valence-corrected chi connectivity index (χ4v) is 3.14. The first-order valence-electron chi connectivity index (χ1n) is 6.32. The van der Waals surface area contributed by atoms with Crippen LogP contribution in [0.4, 0.5) is 0 Å². The third kappa shape index (κ3) is 1.55. The van der Waals surface area contributed by atoms with Crippen LogP contribution in [0, 0.1) is 5.41 Å². The standard InChI is InChI=1S/C12H20N2O2/c1-2-11(15)14-8-12(9-14)3-4-13(7-12)10-5-16-6-10/h10H,2-9H2,1H3. The molecule has 0 aromatic heterocycles. The van der Waals surface area contributed by atoms with E-state index in [0.29, 0.717) is 23.8 Å². The molecule has 3 aliphatic heterocycles. The van der Waals surface area contributed by atoms with Crippen LogP contribution >= 0.6 is 0 Å². The van der Waals surface area contributed by atoms with Gasteiger partial charge in [-0.1, -0.05) is 6.92 Å². The lowest BCUT2D eigenvalue weighted by Gasteiger charge is -2.48. The van der Waals surface area contributed by atoms with Crippen LogP contribution in [0.1, 0.15) is 19.8 Å². The monoisotopic (exact) mass is 224 g/mol. The van der Waals surface area contributed by atoms with E-state index in [9.17, 15) is 4.79 Å². The van der Waals surface area contributed by atoms with Gasteiger partial charge in [-0.2, -0.15) is 0 Å². The van der Waals surface area contributed by atoms with Crippen molar-refractivity contribution in [1.29, 1.82) is 0 Å². The number of nitrogens with zero attached hydrogens (tertiary/aromatic N) is 2. The number of carbonyl (C=O) groups excluding carboxylic acids is 1. The molecule has 0 bridgehead atoms. The summed E-state index contributed by atoms with van der Waals surface area (Å²) in [6, 6.07) is 0.662. The summed E-state index contributed by atoms with van der Waals surface area (Å²) in [5.74, 6) is 0.316. The molecule has 16 heavy (non-hydrogen) atoms. The Labute approximate surface area is 96.5 Å². The van der Waals surface area contributed by atoms with Crippen LogP contribution in [0.25, 0.3) is 0 Å². The molecule has 3 heterocycles. The van der Waals surface area contributed by atoms with Crippen molar-refractivity contribution in [3.05, 3.63) is 0 Å². The first-order chi connectivity index (χ1) is 7.72. The van der Waals surface area contributed by atoms with Gasteiger partial charge in [0, 0.05) is 31.5 Å². The second-order valence-corrected chi connectivity index (χ2v) is 5.52. The Morgan fingerprint density at radius 1 is 1.38 bits per heavy atom. The highest BCUT2D eigenvalue weighted by atomic mass is 16.5. The van der Waals surface area contributed by atoms with Crippen LogP contribution in [0.5, 0.6) is 0 Å². The van der Waals surface area contributed by atoms with E-state index in [1.807, 2.05) is 11.8 Å². The zero-order chi connectivity index (χ0) is 11.2. The molecule has 3 aliphatic rings. The minimum absolute atomic E-state index is 0.316. The third-order valence-electron chi connectivity index (χ3n) is 4.31. The summed E-state index contributed by atoms with van der Waals surface area (Å²) in [6.45, 7) is 8.12. The molecule has 0 aliphatic carbocycles. The van der Waals surface area contributed by atoms with Gasteiger partial charge < -0.3 is 9.64 Å². The Balaban J connectivity index is 1.53. The van der Waals surface area contributed by atoms with Crippen LogP contribution in [-0.4, -0.2) is 61.1 Å². The lowest BCUT2D eigenvalue weighted by Crippen LogP contribution is -2.60. The zero-order valence-corrected chi connectivity index (χ0v) is 9.95. The van der Waals surface area contributed by atoms with Crippen LogP contribution in [-0.2, 0) is 9.53 Å². The van der Waals surface area contributed by atoms with Crippen molar-refractivity contribution < 1.29 is 9.53 Å². The highest BCUT2D eigenvalue weighted by molar-refractivity contribution is 5.76. The number of rotatable bonds is 2. The smallest absolute Gasteiger partial charge is 0.222 e. The van der Waals surface area contributed by atoms with Gasteiger partial charge in [-0.25, -0.2) is 0 Å². The molecular formula is C12H20N2O2. The first kappa shape index (κ1) is 10.5. The van der Waals surface area contributed by atoms with Crippen molar-refractivity contribution >= 4 is 5.91 Å². The number of ether oxygens (including phenoxy) is 1. The van der Waals surface area contributed by atoms with Gasteiger partial charge in [-0.05, 0) is 13.0 Å². The van der Waals surface area contributed by atoms with Gasteiger partial charge >= 0.3 is 0 Å². The van der Waals surface area contributed by atoms with Crippen molar-refractivity contribution in [3.63, 3.8) is 0 Å². The molecule has 0 unspecified atom stereocenters. The molecule has 0 radical (unpaired) electrons. The lowest BCUT2D eigenvalue weighted by atomic mass is 9.79. The van der Waals surface area contributed by atoms with Crippen LogP contribution in [0.2, 0.25) is 0 Å². The van der Waals surface area contributed by atoms with Crippen molar-refractivity contribution in [1.82, 2.24) is 9.80 Å². The quantitative estimate of drug-likeness (QED) is 0.677. The predicted octanol–water partition coefficient (Wildman–Crippen LogP) is 0.329. The third-order valence-corrected chi connectivity index (χ3v) is 4.31. The van der Waals surface area contributed by atoms with E-state index in [2.05, 4.69) is 4.90 Å². The molecule has 3 saturated heterocycles. The Kier molecular flexibility index (Phi) is 2.44. The second kappa shape index (κ2) is 3.70. The fraction of sp³-hybridized carbons (Fsp3) is 0.917. The van der Waals surface area contributed by atoms with E-state index in [1.54, 1.807) is 0 Å². The number of hydrogen-bond acceptors (Lipinski definition) is 3. The van der Waals surface area contributed by atoms with E-state index in [4.69, 9.17) is 4.74 Å².